The molecule has 0 spiro atoms. The molecule has 0 bridgehead atoms. The summed E-state index contributed by atoms with van der Waals surface area (Å²) in [4.78, 5) is 51.1. The first-order valence-corrected chi connectivity index (χ1v) is 13.5. The van der Waals surface area contributed by atoms with Crippen LogP contribution in [0.1, 0.15) is 58.2 Å². The van der Waals surface area contributed by atoms with Crippen molar-refractivity contribution in [3.63, 3.8) is 0 Å². The number of hydrogen-bond donors (Lipinski definition) is 3. The maximum absolute atomic E-state index is 13.1. The number of carboxylic acid groups (broad SMARTS) is 1. The van der Waals surface area contributed by atoms with Gasteiger partial charge in [0.15, 0.2) is 0 Å². The highest BCUT2D eigenvalue weighted by Crippen LogP contribution is 2.25. The molecule has 1 fully saturated rings. The summed E-state index contributed by atoms with van der Waals surface area (Å²) >= 11 is 3.09. The summed E-state index contributed by atoms with van der Waals surface area (Å²) < 4.78 is 11.0. The third kappa shape index (κ3) is 9.96. The van der Waals surface area contributed by atoms with Gasteiger partial charge in [-0.1, -0.05) is 54.0 Å². The van der Waals surface area contributed by atoms with E-state index in [4.69, 9.17) is 9.47 Å². The summed E-state index contributed by atoms with van der Waals surface area (Å²) in [5.74, 6) is -1.25. The predicted molar refractivity (Wildman–Crippen MR) is 141 cm³/mol. The SMILES string of the molecule is CC(C)C[C@H](NC(=O)CBr)C(=O)N[C@@H](Cc1ccc(C2COCCN2C(=O)O)cc1)C(=O)OC(C)(C)C. The van der Waals surface area contributed by atoms with Gasteiger partial charge in [-0.2, -0.15) is 0 Å². The lowest BCUT2D eigenvalue weighted by Gasteiger charge is -2.33. The lowest BCUT2D eigenvalue weighted by atomic mass is 9.99. The minimum absolute atomic E-state index is 0.0576. The fourth-order valence-electron chi connectivity index (χ4n) is 3.99. The Balaban J connectivity index is 2.23. The Labute approximate surface area is 226 Å². The number of nitrogens with zero attached hydrogens (tertiary/aromatic N) is 1. The molecule has 1 aliphatic rings. The highest BCUT2D eigenvalue weighted by molar-refractivity contribution is 9.09. The zero-order valence-electron chi connectivity index (χ0n) is 22.1. The third-order valence-corrected chi connectivity index (χ3v) is 6.18. The van der Waals surface area contributed by atoms with Gasteiger partial charge >= 0.3 is 12.1 Å². The number of carbonyl (C=O) groups is 4. The molecule has 1 aromatic rings. The zero-order chi connectivity index (χ0) is 27.8. The second-order valence-corrected chi connectivity index (χ2v) is 11.1. The molecule has 3 amide bonds. The van der Waals surface area contributed by atoms with Gasteiger partial charge in [0.25, 0.3) is 0 Å². The molecule has 3 atom stereocenters. The van der Waals surface area contributed by atoms with E-state index in [1.165, 1.54) is 4.90 Å². The third-order valence-electron chi connectivity index (χ3n) is 5.67. The van der Waals surface area contributed by atoms with Crippen LogP contribution in [0.2, 0.25) is 0 Å². The van der Waals surface area contributed by atoms with Crippen molar-refractivity contribution in [3.05, 3.63) is 35.4 Å². The number of esters is 1. The average molecular weight is 585 g/mol. The van der Waals surface area contributed by atoms with E-state index in [2.05, 4.69) is 26.6 Å². The number of ether oxygens (including phenoxy) is 2. The Hall–Kier alpha value is -2.66. The maximum Gasteiger partial charge on any atom is 0.407 e. The van der Waals surface area contributed by atoms with E-state index >= 15 is 0 Å². The van der Waals surface area contributed by atoms with Crippen LogP contribution < -0.4 is 10.6 Å². The summed E-state index contributed by atoms with van der Waals surface area (Å²) in [5.41, 5.74) is 0.772. The largest absolute Gasteiger partial charge is 0.465 e. The Morgan fingerprint density at radius 3 is 2.32 bits per heavy atom. The molecule has 1 saturated heterocycles. The number of carbonyl (C=O) groups excluding carboxylic acids is 3. The number of rotatable bonds is 10. The van der Waals surface area contributed by atoms with Gasteiger partial charge in [0.2, 0.25) is 11.8 Å². The monoisotopic (exact) mass is 583 g/mol. The number of nitrogens with one attached hydrogen (secondary N) is 2. The topological polar surface area (TPSA) is 134 Å². The Bertz CT molecular complexity index is 946. The molecule has 37 heavy (non-hydrogen) atoms. The maximum atomic E-state index is 13.1. The van der Waals surface area contributed by atoms with Crippen LogP contribution in [0.4, 0.5) is 4.79 Å². The van der Waals surface area contributed by atoms with Gasteiger partial charge < -0.3 is 25.2 Å². The highest BCUT2D eigenvalue weighted by Gasteiger charge is 2.31. The Morgan fingerprint density at radius 2 is 1.78 bits per heavy atom. The van der Waals surface area contributed by atoms with Gasteiger partial charge in [-0.25, -0.2) is 9.59 Å². The molecule has 1 aliphatic heterocycles. The molecule has 0 aromatic heterocycles. The average Bonchev–Trinajstić information content (AvgIpc) is 2.82. The quantitative estimate of drug-likeness (QED) is 0.284. The first-order valence-electron chi connectivity index (χ1n) is 12.4. The van der Waals surface area contributed by atoms with E-state index in [1.54, 1.807) is 45.0 Å². The van der Waals surface area contributed by atoms with Crippen LogP contribution in [0.25, 0.3) is 0 Å². The van der Waals surface area contributed by atoms with Gasteiger partial charge in [-0.15, -0.1) is 0 Å². The van der Waals surface area contributed by atoms with Crippen molar-refractivity contribution in [2.75, 3.05) is 25.1 Å². The molecule has 1 unspecified atom stereocenters. The standard InChI is InChI=1S/C26H38BrN3O7/c1-16(2)12-19(28-22(31)14-27)23(32)29-20(24(33)37-26(3,4)5)13-17-6-8-18(9-7-17)21-15-36-11-10-30(21)25(34)35/h6-9,16,19-21H,10-15H2,1-5H3,(H,28,31)(H,29,32)(H,34,35)/t19-,20-,21?/m0/s1. The van der Waals surface area contributed by atoms with Gasteiger partial charge in [-0.3, -0.25) is 14.5 Å². The molecule has 0 saturated carbocycles. The number of halogens is 1. The van der Waals surface area contributed by atoms with Gasteiger partial charge in [0, 0.05) is 13.0 Å². The molecule has 3 N–H and O–H groups in total. The molecular weight excluding hydrogens is 546 g/mol. The molecule has 10 nitrogen and oxygen atoms in total. The van der Waals surface area contributed by atoms with E-state index in [9.17, 15) is 24.3 Å². The van der Waals surface area contributed by atoms with E-state index in [0.29, 0.717) is 13.0 Å². The van der Waals surface area contributed by atoms with E-state index in [0.717, 1.165) is 11.1 Å². The van der Waals surface area contributed by atoms with Crippen molar-refractivity contribution in [1.82, 2.24) is 15.5 Å². The van der Waals surface area contributed by atoms with Crippen molar-refractivity contribution < 1.29 is 33.8 Å². The summed E-state index contributed by atoms with van der Waals surface area (Å²) in [6.07, 6.45) is -0.442. The predicted octanol–water partition coefficient (Wildman–Crippen LogP) is 3.03. The molecule has 1 heterocycles. The van der Waals surface area contributed by atoms with Crippen LogP contribution in [0.5, 0.6) is 0 Å². The Morgan fingerprint density at radius 1 is 1.14 bits per heavy atom. The van der Waals surface area contributed by atoms with Gasteiger partial charge in [-0.05, 0) is 44.2 Å². The van der Waals surface area contributed by atoms with E-state index < -0.39 is 41.7 Å². The molecule has 1 aromatic carbocycles. The molecular formula is C26H38BrN3O7. The summed E-state index contributed by atoms with van der Waals surface area (Å²) in [6.45, 7) is 10.0. The normalized spacial score (nSPS) is 17.6. The first kappa shape index (κ1) is 30.6. The lowest BCUT2D eigenvalue weighted by molar-refractivity contribution is -0.158. The zero-order valence-corrected chi connectivity index (χ0v) is 23.7. The van der Waals surface area contributed by atoms with Gasteiger partial charge in [0.1, 0.15) is 17.7 Å². The van der Waals surface area contributed by atoms with Crippen LogP contribution in [-0.4, -0.2) is 76.7 Å². The van der Waals surface area contributed by atoms with Crippen LogP contribution in [0, 0.1) is 5.92 Å². The number of amides is 3. The Kier molecular flexibility index (Phi) is 11.4. The highest BCUT2D eigenvalue weighted by atomic mass is 79.9. The summed E-state index contributed by atoms with van der Waals surface area (Å²) in [6, 6.07) is 4.99. The van der Waals surface area contributed by atoms with E-state index in [1.807, 2.05) is 13.8 Å². The summed E-state index contributed by atoms with van der Waals surface area (Å²) in [7, 11) is 0. The first-order chi connectivity index (χ1) is 17.3. The minimum atomic E-state index is -1.01. The molecule has 0 radical (unpaired) electrons. The van der Waals surface area contributed by atoms with Crippen molar-refractivity contribution in [2.45, 2.75) is 71.2 Å². The smallest absolute Gasteiger partial charge is 0.407 e. The fourth-order valence-corrected chi connectivity index (χ4v) is 4.16. The van der Waals surface area contributed by atoms with Crippen LogP contribution in [0.3, 0.4) is 0 Å². The molecule has 0 aliphatic carbocycles. The number of benzene rings is 1. The van der Waals surface area contributed by atoms with E-state index in [-0.39, 0.29) is 36.7 Å². The van der Waals surface area contributed by atoms with Gasteiger partial charge in [0.05, 0.1) is 24.6 Å². The molecule has 206 valence electrons. The minimum Gasteiger partial charge on any atom is -0.465 e. The van der Waals surface area contributed by atoms with Crippen LogP contribution in [-0.2, 0) is 30.3 Å². The van der Waals surface area contributed by atoms with Crippen molar-refractivity contribution in [2.24, 2.45) is 5.92 Å². The second kappa shape index (κ2) is 13.8. The number of hydrogen-bond acceptors (Lipinski definition) is 6. The number of alkyl halides is 1. The van der Waals surface area contributed by atoms with Crippen molar-refractivity contribution in [1.29, 1.82) is 0 Å². The van der Waals surface area contributed by atoms with Crippen LogP contribution >= 0.6 is 15.9 Å². The van der Waals surface area contributed by atoms with Crippen molar-refractivity contribution in [3.8, 4) is 0 Å². The molecule has 11 heteroatoms. The number of morpholine rings is 1. The van der Waals surface area contributed by atoms with Crippen LogP contribution in [0.15, 0.2) is 24.3 Å². The molecule has 2 rings (SSSR count). The fraction of sp³-hybridized carbons (Fsp3) is 0.615. The second-order valence-electron chi connectivity index (χ2n) is 10.5. The lowest BCUT2D eigenvalue weighted by Crippen LogP contribution is -2.53. The van der Waals surface area contributed by atoms with Crippen molar-refractivity contribution >= 4 is 39.8 Å². The summed E-state index contributed by atoms with van der Waals surface area (Å²) in [5, 5.41) is 15.0.